The third-order valence-electron chi connectivity index (χ3n) is 2.89. The summed E-state index contributed by atoms with van der Waals surface area (Å²) in [5, 5.41) is 0. The van der Waals surface area contributed by atoms with Gasteiger partial charge in [-0.25, -0.2) is 4.98 Å². The zero-order chi connectivity index (χ0) is 12.3. The van der Waals surface area contributed by atoms with Gasteiger partial charge in [-0.1, -0.05) is 12.1 Å². The molecule has 17 heavy (non-hydrogen) atoms. The first-order valence-electron chi connectivity index (χ1n) is 5.51. The Bertz CT molecular complexity index is 483. The van der Waals surface area contributed by atoms with Crippen LogP contribution in [0.5, 0.6) is 0 Å². The van der Waals surface area contributed by atoms with Crippen molar-refractivity contribution >= 4 is 34.2 Å². The van der Waals surface area contributed by atoms with Gasteiger partial charge in [-0.05, 0) is 19.2 Å². The second-order valence-corrected chi connectivity index (χ2v) is 4.63. The number of benzene rings is 1. The number of alkyl halides is 2. The van der Waals surface area contributed by atoms with E-state index in [1.807, 2.05) is 31.6 Å². The molecule has 3 nitrogen and oxygen atoms in total. The summed E-state index contributed by atoms with van der Waals surface area (Å²) >= 11 is 11.8. The second-order valence-electron chi connectivity index (χ2n) is 3.95. The van der Waals surface area contributed by atoms with E-state index >= 15 is 0 Å². The molecule has 5 heteroatoms. The largest absolute Gasteiger partial charge is 0.313 e. The molecule has 0 amide bonds. The van der Waals surface area contributed by atoms with Crippen LogP contribution in [0.25, 0.3) is 11.0 Å². The van der Waals surface area contributed by atoms with Gasteiger partial charge < -0.3 is 4.57 Å². The van der Waals surface area contributed by atoms with E-state index in [1.54, 1.807) is 0 Å². The molecule has 0 saturated carbocycles. The Morgan fingerprint density at radius 2 is 2.12 bits per heavy atom. The van der Waals surface area contributed by atoms with Gasteiger partial charge in [0.25, 0.3) is 0 Å². The van der Waals surface area contributed by atoms with Gasteiger partial charge in [-0.3, -0.25) is 4.90 Å². The standard InChI is InChI=1S/C12H15Cl2N3/c1-16(7-6-13)12(8-14)17-9-15-10-4-2-3-5-11(10)17/h2-5,9,12H,6-8H2,1H3. The van der Waals surface area contributed by atoms with Crippen molar-refractivity contribution in [1.82, 2.24) is 14.5 Å². The van der Waals surface area contributed by atoms with Gasteiger partial charge in [-0.2, -0.15) is 0 Å². The minimum absolute atomic E-state index is 0.0859. The van der Waals surface area contributed by atoms with Crippen LogP contribution in [0.3, 0.4) is 0 Å². The van der Waals surface area contributed by atoms with Gasteiger partial charge in [-0.15, -0.1) is 23.2 Å². The van der Waals surface area contributed by atoms with Crippen LogP contribution >= 0.6 is 23.2 Å². The number of hydrogen-bond acceptors (Lipinski definition) is 2. The third kappa shape index (κ3) is 2.57. The summed E-state index contributed by atoms with van der Waals surface area (Å²) in [4.78, 5) is 6.51. The molecule has 0 spiro atoms. The monoisotopic (exact) mass is 271 g/mol. The van der Waals surface area contributed by atoms with Crippen molar-refractivity contribution in [3.05, 3.63) is 30.6 Å². The molecule has 1 unspecified atom stereocenters. The van der Waals surface area contributed by atoms with Crippen LogP contribution in [0.4, 0.5) is 0 Å². The quantitative estimate of drug-likeness (QED) is 0.780. The topological polar surface area (TPSA) is 21.1 Å². The summed E-state index contributed by atoms with van der Waals surface area (Å²) in [6.45, 7) is 0.797. The number of imidazole rings is 1. The Morgan fingerprint density at radius 1 is 1.35 bits per heavy atom. The maximum Gasteiger partial charge on any atom is 0.101 e. The number of para-hydroxylation sites is 2. The Labute approximate surface area is 111 Å². The number of aromatic nitrogens is 2. The number of halogens is 2. The fourth-order valence-electron chi connectivity index (χ4n) is 1.90. The number of hydrogen-bond donors (Lipinski definition) is 0. The molecule has 0 aliphatic rings. The van der Waals surface area contributed by atoms with Crippen molar-refractivity contribution in [3.8, 4) is 0 Å². The number of fused-ring (bicyclic) bond motifs is 1. The molecule has 2 rings (SSSR count). The average Bonchev–Trinajstić information content (AvgIpc) is 2.75. The van der Waals surface area contributed by atoms with Crippen molar-refractivity contribution in [2.24, 2.45) is 0 Å². The zero-order valence-corrected chi connectivity index (χ0v) is 11.2. The lowest BCUT2D eigenvalue weighted by Crippen LogP contribution is -2.31. The first-order chi connectivity index (χ1) is 8.27. The minimum Gasteiger partial charge on any atom is -0.313 e. The highest BCUT2D eigenvalue weighted by Crippen LogP contribution is 2.20. The third-order valence-corrected chi connectivity index (χ3v) is 3.33. The lowest BCUT2D eigenvalue weighted by molar-refractivity contribution is 0.213. The summed E-state index contributed by atoms with van der Waals surface area (Å²) in [5.74, 6) is 1.10. The van der Waals surface area contributed by atoms with E-state index in [-0.39, 0.29) is 6.17 Å². The second kappa shape index (κ2) is 5.71. The Balaban J connectivity index is 2.36. The number of nitrogens with zero attached hydrogens (tertiary/aromatic N) is 3. The lowest BCUT2D eigenvalue weighted by Gasteiger charge is -2.27. The minimum atomic E-state index is 0.0859. The first kappa shape index (κ1) is 12.7. The zero-order valence-electron chi connectivity index (χ0n) is 9.68. The first-order valence-corrected chi connectivity index (χ1v) is 6.58. The maximum absolute atomic E-state index is 6.06. The van der Waals surface area contributed by atoms with Gasteiger partial charge in [0, 0.05) is 12.4 Å². The summed E-state index contributed by atoms with van der Waals surface area (Å²) in [6, 6.07) is 8.04. The van der Waals surface area contributed by atoms with Gasteiger partial charge in [0.05, 0.1) is 23.2 Å². The van der Waals surface area contributed by atoms with Gasteiger partial charge in [0.2, 0.25) is 0 Å². The van der Waals surface area contributed by atoms with Crippen molar-refractivity contribution in [2.75, 3.05) is 25.4 Å². The molecule has 1 aromatic carbocycles. The molecule has 0 saturated heterocycles. The van der Waals surface area contributed by atoms with Crippen molar-refractivity contribution in [3.63, 3.8) is 0 Å². The van der Waals surface area contributed by atoms with E-state index in [4.69, 9.17) is 23.2 Å². The smallest absolute Gasteiger partial charge is 0.101 e. The highest BCUT2D eigenvalue weighted by molar-refractivity contribution is 6.18. The van der Waals surface area contributed by atoms with E-state index in [0.29, 0.717) is 11.8 Å². The number of rotatable bonds is 5. The van der Waals surface area contributed by atoms with Crippen LogP contribution in [0.1, 0.15) is 6.17 Å². The van der Waals surface area contributed by atoms with Crippen LogP contribution < -0.4 is 0 Å². The lowest BCUT2D eigenvalue weighted by atomic mass is 10.3. The Hall–Kier alpha value is -0.770. The molecule has 0 aliphatic heterocycles. The van der Waals surface area contributed by atoms with Crippen molar-refractivity contribution in [2.45, 2.75) is 6.17 Å². The van der Waals surface area contributed by atoms with Crippen LogP contribution in [0.2, 0.25) is 0 Å². The van der Waals surface area contributed by atoms with Gasteiger partial charge >= 0.3 is 0 Å². The molecule has 1 heterocycles. The fourth-order valence-corrected chi connectivity index (χ4v) is 2.55. The van der Waals surface area contributed by atoms with Crippen molar-refractivity contribution < 1.29 is 0 Å². The Kier molecular flexibility index (Phi) is 4.26. The summed E-state index contributed by atoms with van der Waals surface area (Å²) in [5.41, 5.74) is 2.08. The molecule has 0 aliphatic carbocycles. The van der Waals surface area contributed by atoms with E-state index in [2.05, 4.69) is 20.5 Å². The van der Waals surface area contributed by atoms with Crippen LogP contribution in [0.15, 0.2) is 30.6 Å². The van der Waals surface area contributed by atoms with E-state index in [1.165, 1.54) is 0 Å². The van der Waals surface area contributed by atoms with Crippen molar-refractivity contribution in [1.29, 1.82) is 0 Å². The molecule has 1 aromatic heterocycles. The predicted octanol–water partition coefficient (Wildman–Crippen LogP) is 2.94. The molecule has 1 atom stereocenters. The van der Waals surface area contributed by atoms with Crippen LogP contribution in [-0.2, 0) is 0 Å². The molecule has 2 aromatic rings. The maximum atomic E-state index is 6.06. The van der Waals surface area contributed by atoms with E-state index < -0.39 is 0 Å². The highest BCUT2D eigenvalue weighted by Gasteiger charge is 2.17. The Morgan fingerprint density at radius 3 is 2.82 bits per heavy atom. The normalized spacial score (nSPS) is 13.4. The molecular weight excluding hydrogens is 257 g/mol. The molecule has 0 bridgehead atoms. The van der Waals surface area contributed by atoms with E-state index in [9.17, 15) is 0 Å². The summed E-state index contributed by atoms with van der Waals surface area (Å²) in [6.07, 6.45) is 1.92. The summed E-state index contributed by atoms with van der Waals surface area (Å²) < 4.78 is 2.09. The molecule has 0 radical (unpaired) electrons. The SMILES string of the molecule is CN(CCCl)C(CCl)n1cnc2ccccc21. The summed E-state index contributed by atoms with van der Waals surface area (Å²) in [7, 11) is 2.02. The van der Waals surface area contributed by atoms with Gasteiger partial charge in [0.15, 0.2) is 0 Å². The average molecular weight is 272 g/mol. The molecule has 92 valence electrons. The van der Waals surface area contributed by atoms with Gasteiger partial charge in [0.1, 0.15) is 6.17 Å². The fraction of sp³-hybridized carbons (Fsp3) is 0.417. The van der Waals surface area contributed by atoms with Crippen LogP contribution in [0, 0.1) is 0 Å². The van der Waals surface area contributed by atoms with E-state index in [0.717, 1.165) is 17.6 Å². The molecular formula is C12H15Cl2N3. The van der Waals surface area contributed by atoms with Crippen LogP contribution in [-0.4, -0.2) is 39.8 Å². The molecule has 0 N–H and O–H groups in total. The highest BCUT2D eigenvalue weighted by atomic mass is 35.5. The molecule has 0 fully saturated rings. The predicted molar refractivity (Wildman–Crippen MR) is 72.8 cm³/mol.